The second-order valence-electron chi connectivity index (χ2n) is 4.81. The van der Waals surface area contributed by atoms with Crippen LogP contribution in [0.1, 0.15) is 23.2 Å². The summed E-state index contributed by atoms with van der Waals surface area (Å²) in [7, 11) is 0. The van der Waals surface area contributed by atoms with Gasteiger partial charge in [-0.1, -0.05) is 6.07 Å². The number of halogens is 1. The van der Waals surface area contributed by atoms with Crippen LogP contribution < -0.4 is 9.80 Å². The molecule has 0 aromatic heterocycles. The van der Waals surface area contributed by atoms with Crippen molar-refractivity contribution < 1.29 is 14.5 Å². The molecule has 1 fully saturated rings. The van der Waals surface area contributed by atoms with Gasteiger partial charge in [-0.05, 0) is 28.1 Å². The van der Waals surface area contributed by atoms with Crippen LogP contribution in [0.4, 0.5) is 5.69 Å². The molecule has 2 aliphatic heterocycles. The number of likely N-dealkylation sites (tertiary alicyclic amines) is 1. The van der Waals surface area contributed by atoms with Gasteiger partial charge < -0.3 is 4.90 Å². The van der Waals surface area contributed by atoms with E-state index in [1.807, 2.05) is 6.07 Å². The lowest BCUT2D eigenvalue weighted by molar-refractivity contribution is -0.886. The minimum atomic E-state index is -0.392. The monoisotopic (exact) mass is 309 g/mol. The third-order valence-electron chi connectivity index (χ3n) is 3.63. The van der Waals surface area contributed by atoms with Gasteiger partial charge in [0.05, 0.1) is 24.3 Å². The third-order valence-corrected chi connectivity index (χ3v) is 4.27. The Hall–Kier alpha value is -1.20. The molecule has 4 nitrogen and oxygen atoms in total. The normalized spacial score (nSPS) is 19.7. The molecule has 0 radical (unpaired) electrons. The Morgan fingerprint density at radius 1 is 1.22 bits per heavy atom. The van der Waals surface area contributed by atoms with Crippen molar-refractivity contribution in [2.45, 2.75) is 12.8 Å². The van der Waals surface area contributed by atoms with Gasteiger partial charge in [-0.3, -0.25) is 14.5 Å². The minimum Gasteiger partial charge on any atom is -0.317 e. The number of hydrogen-bond acceptors (Lipinski definition) is 2. The number of benzene rings is 1. The maximum Gasteiger partial charge on any atom is 0.303 e. The maximum absolute atomic E-state index is 12.0. The first-order valence-corrected chi connectivity index (χ1v) is 6.96. The Labute approximate surface area is 114 Å². The number of carbonyl (C=O) groups is 2. The van der Waals surface area contributed by atoms with Crippen LogP contribution in [0.3, 0.4) is 0 Å². The Bertz CT molecular complexity index is 524. The number of hydrogen-bond donors (Lipinski definition) is 1. The SMILES string of the molecule is O=C1C(=O)N(C[NH+]2CCCC2)c2c(Br)cccc21. The smallest absolute Gasteiger partial charge is 0.303 e. The lowest BCUT2D eigenvalue weighted by Crippen LogP contribution is -3.11. The molecule has 0 spiro atoms. The van der Waals surface area contributed by atoms with Crippen molar-refractivity contribution in [3.05, 3.63) is 28.2 Å². The number of rotatable bonds is 2. The Kier molecular flexibility index (Phi) is 2.95. The van der Waals surface area contributed by atoms with Crippen molar-refractivity contribution in [3.8, 4) is 0 Å². The molecule has 5 heteroatoms. The molecule has 1 N–H and O–H groups in total. The van der Waals surface area contributed by atoms with E-state index in [0.29, 0.717) is 12.2 Å². The molecule has 2 heterocycles. The summed E-state index contributed by atoms with van der Waals surface area (Å²) in [5, 5.41) is 0. The average molecular weight is 310 g/mol. The molecule has 0 bridgehead atoms. The summed E-state index contributed by atoms with van der Waals surface area (Å²) in [6.07, 6.45) is 2.41. The first-order chi connectivity index (χ1) is 8.68. The molecule has 3 rings (SSSR count). The lowest BCUT2D eigenvalue weighted by atomic mass is 10.1. The Balaban J connectivity index is 1.96. The van der Waals surface area contributed by atoms with Crippen molar-refractivity contribution in [2.24, 2.45) is 0 Å². The largest absolute Gasteiger partial charge is 0.317 e. The van der Waals surface area contributed by atoms with Gasteiger partial charge in [0.25, 0.3) is 5.78 Å². The van der Waals surface area contributed by atoms with Crippen LogP contribution in [0.25, 0.3) is 0 Å². The summed E-state index contributed by atoms with van der Waals surface area (Å²) in [6.45, 7) is 2.76. The van der Waals surface area contributed by atoms with Gasteiger partial charge in [-0.25, -0.2) is 0 Å². The van der Waals surface area contributed by atoms with E-state index in [1.54, 1.807) is 17.0 Å². The van der Waals surface area contributed by atoms with E-state index in [9.17, 15) is 9.59 Å². The molecule has 2 aliphatic rings. The van der Waals surface area contributed by atoms with Crippen LogP contribution >= 0.6 is 15.9 Å². The van der Waals surface area contributed by atoms with Crippen molar-refractivity contribution in [1.82, 2.24) is 0 Å². The Morgan fingerprint density at radius 3 is 2.67 bits per heavy atom. The van der Waals surface area contributed by atoms with Gasteiger partial charge in [-0.2, -0.15) is 0 Å². The zero-order valence-corrected chi connectivity index (χ0v) is 11.5. The number of anilines is 1. The molecular weight excluding hydrogens is 296 g/mol. The second kappa shape index (κ2) is 4.48. The van der Waals surface area contributed by atoms with Crippen LogP contribution in [-0.2, 0) is 4.79 Å². The maximum atomic E-state index is 12.0. The molecule has 1 aromatic carbocycles. The van der Waals surface area contributed by atoms with Gasteiger partial charge in [-0.15, -0.1) is 0 Å². The molecule has 0 saturated carbocycles. The summed E-state index contributed by atoms with van der Waals surface area (Å²) in [4.78, 5) is 27.0. The van der Waals surface area contributed by atoms with Gasteiger partial charge in [0.1, 0.15) is 0 Å². The summed E-state index contributed by atoms with van der Waals surface area (Å²) in [6, 6.07) is 5.39. The number of quaternary nitrogens is 1. The van der Waals surface area contributed by atoms with Crippen LogP contribution in [-0.4, -0.2) is 31.4 Å². The van der Waals surface area contributed by atoms with E-state index in [-0.39, 0.29) is 5.78 Å². The number of carbonyl (C=O) groups excluding carboxylic acids is 2. The van der Waals surface area contributed by atoms with Crippen LogP contribution in [0.15, 0.2) is 22.7 Å². The van der Waals surface area contributed by atoms with E-state index in [1.165, 1.54) is 17.7 Å². The highest BCUT2D eigenvalue weighted by atomic mass is 79.9. The molecule has 1 saturated heterocycles. The number of amides is 1. The number of nitrogens with one attached hydrogen (secondary N) is 1. The number of ketones is 1. The summed E-state index contributed by atoms with van der Waals surface area (Å²) >= 11 is 3.44. The topological polar surface area (TPSA) is 41.8 Å². The van der Waals surface area contributed by atoms with Crippen LogP contribution in [0, 0.1) is 0 Å². The number of para-hydroxylation sites is 1. The van der Waals surface area contributed by atoms with E-state index in [0.717, 1.165) is 23.2 Å². The third kappa shape index (κ3) is 1.78. The number of Topliss-reactive ketones (excluding diaryl/α,β-unsaturated/α-hetero) is 1. The zero-order chi connectivity index (χ0) is 12.7. The molecule has 0 atom stereocenters. The highest BCUT2D eigenvalue weighted by Crippen LogP contribution is 2.35. The standard InChI is InChI=1S/C13H13BrN2O2/c14-10-5-3-4-9-11(10)16(13(18)12(9)17)8-15-6-1-2-7-15/h3-5H,1-2,6-8H2/p+1. The first-order valence-electron chi connectivity index (χ1n) is 6.17. The van der Waals surface area contributed by atoms with Gasteiger partial charge in [0.15, 0.2) is 6.67 Å². The minimum absolute atomic E-state index is 0.384. The summed E-state index contributed by atoms with van der Waals surface area (Å²) in [5.74, 6) is -0.777. The summed E-state index contributed by atoms with van der Waals surface area (Å²) in [5.41, 5.74) is 1.26. The van der Waals surface area contributed by atoms with Crippen molar-refractivity contribution in [3.63, 3.8) is 0 Å². The lowest BCUT2D eigenvalue weighted by Gasteiger charge is -2.21. The molecular formula is C13H14BrN2O2+. The predicted molar refractivity (Wildman–Crippen MR) is 70.8 cm³/mol. The van der Waals surface area contributed by atoms with Crippen LogP contribution in [0.2, 0.25) is 0 Å². The van der Waals surface area contributed by atoms with Crippen LogP contribution in [0.5, 0.6) is 0 Å². The van der Waals surface area contributed by atoms with E-state index >= 15 is 0 Å². The Morgan fingerprint density at radius 2 is 1.94 bits per heavy atom. The molecule has 0 unspecified atom stereocenters. The quantitative estimate of drug-likeness (QED) is 0.814. The van der Waals surface area contributed by atoms with Crippen molar-refractivity contribution in [2.75, 3.05) is 24.7 Å². The zero-order valence-electron chi connectivity index (χ0n) is 9.91. The molecule has 0 aliphatic carbocycles. The van der Waals surface area contributed by atoms with Crippen molar-refractivity contribution in [1.29, 1.82) is 0 Å². The highest BCUT2D eigenvalue weighted by molar-refractivity contribution is 9.10. The molecule has 94 valence electrons. The molecule has 1 amide bonds. The molecule has 18 heavy (non-hydrogen) atoms. The first kappa shape index (κ1) is 11.9. The van der Waals surface area contributed by atoms with Crippen molar-refractivity contribution >= 4 is 33.3 Å². The van der Waals surface area contributed by atoms with Gasteiger partial charge in [0, 0.05) is 17.3 Å². The van der Waals surface area contributed by atoms with Gasteiger partial charge in [0.2, 0.25) is 0 Å². The van der Waals surface area contributed by atoms with Gasteiger partial charge >= 0.3 is 5.91 Å². The van der Waals surface area contributed by atoms with E-state index in [2.05, 4.69) is 15.9 Å². The second-order valence-corrected chi connectivity index (χ2v) is 5.67. The number of nitrogens with zero attached hydrogens (tertiary/aromatic N) is 1. The fourth-order valence-electron chi connectivity index (χ4n) is 2.72. The molecule has 1 aromatic rings. The summed E-state index contributed by atoms with van der Waals surface area (Å²) < 4.78 is 0.817. The highest BCUT2D eigenvalue weighted by Gasteiger charge is 2.39. The fourth-order valence-corrected chi connectivity index (χ4v) is 3.30. The number of fused-ring (bicyclic) bond motifs is 1. The van der Waals surface area contributed by atoms with E-state index < -0.39 is 5.91 Å². The van der Waals surface area contributed by atoms with E-state index in [4.69, 9.17) is 0 Å². The predicted octanol–water partition coefficient (Wildman–Crippen LogP) is 0.615. The average Bonchev–Trinajstić information content (AvgIpc) is 2.94. The fraction of sp³-hybridized carbons (Fsp3) is 0.385.